The van der Waals surface area contributed by atoms with E-state index in [0.717, 1.165) is 23.3 Å². The Labute approximate surface area is 129 Å². The highest BCUT2D eigenvalue weighted by Gasteiger charge is 2.14. The Morgan fingerprint density at radius 2 is 2.05 bits per heavy atom. The lowest BCUT2D eigenvalue weighted by molar-refractivity contribution is 0.0937. The monoisotopic (exact) mass is 342 g/mol. The average Bonchev–Trinajstić information content (AvgIpc) is 2.45. The fraction of sp³-hybridized carbons (Fsp3) is 0.533. The van der Waals surface area contributed by atoms with E-state index in [0.29, 0.717) is 18.2 Å². The number of halogens is 1. The highest BCUT2D eigenvalue weighted by molar-refractivity contribution is 9.10. The predicted octanol–water partition coefficient (Wildman–Crippen LogP) is 2.92. The van der Waals surface area contributed by atoms with Crippen molar-refractivity contribution >= 4 is 21.8 Å². The molecule has 1 rings (SSSR count). The highest BCUT2D eigenvalue weighted by Crippen LogP contribution is 2.22. The molecule has 0 aliphatic carbocycles. The predicted molar refractivity (Wildman–Crippen MR) is 85.4 cm³/mol. The molecule has 0 fully saturated rings. The van der Waals surface area contributed by atoms with Gasteiger partial charge in [0.2, 0.25) is 0 Å². The highest BCUT2D eigenvalue weighted by atomic mass is 79.9. The lowest BCUT2D eigenvalue weighted by Gasteiger charge is -2.26. The third-order valence-electron chi connectivity index (χ3n) is 3.41. The Hall–Kier alpha value is -1.07. The van der Waals surface area contributed by atoms with Crippen LogP contribution in [0.2, 0.25) is 0 Å². The number of nitrogens with one attached hydrogen (secondary N) is 1. The third-order valence-corrected chi connectivity index (χ3v) is 4.07. The summed E-state index contributed by atoms with van der Waals surface area (Å²) < 4.78 is 5.86. The van der Waals surface area contributed by atoms with Crippen LogP contribution < -0.4 is 10.1 Å². The number of hydrogen-bond acceptors (Lipinski definition) is 3. The van der Waals surface area contributed by atoms with Crippen LogP contribution in [0.1, 0.15) is 31.1 Å². The SMILES string of the molecule is CCN(CC)[C@@H](C)CNC(=O)c1ccc(OC)cc1Br. The van der Waals surface area contributed by atoms with Crippen LogP contribution in [0.5, 0.6) is 5.75 Å². The second kappa shape index (κ2) is 8.27. The first-order chi connectivity index (χ1) is 9.53. The Morgan fingerprint density at radius 3 is 2.55 bits per heavy atom. The summed E-state index contributed by atoms with van der Waals surface area (Å²) in [5.41, 5.74) is 0.623. The molecule has 0 radical (unpaired) electrons. The van der Waals surface area contributed by atoms with Gasteiger partial charge in [0, 0.05) is 17.1 Å². The number of nitrogens with zero attached hydrogens (tertiary/aromatic N) is 1. The van der Waals surface area contributed by atoms with E-state index in [1.54, 1.807) is 25.3 Å². The van der Waals surface area contributed by atoms with Crippen molar-refractivity contribution < 1.29 is 9.53 Å². The van der Waals surface area contributed by atoms with Gasteiger partial charge in [-0.1, -0.05) is 13.8 Å². The quantitative estimate of drug-likeness (QED) is 0.828. The van der Waals surface area contributed by atoms with Crippen molar-refractivity contribution in [2.24, 2.45) is 0 Å². The van der Waals surface area contributed by atoms with Crippen LogP contribution in [0.15, 0.2) is 22.7 Å². The van der Waals surface area contributed by atoms with E-state index in [9.17, 15) is 4.79 Å². The van der Waals surface area contributed by atoms with Gasteiger partial charge in [0.25, 0.3) is 5.91 Å². The van der Waals surface area contributed by atoms with Gasteiger partial charge in [-0.2, -0.15) is 0 Å². The maximum Gasteiger partial charge on any atom is 0.252 e. The molecule has 0 aromatic heterocycles. The number of carbonyl (C=O) groups excluding carboxylic acids is 1. The minimum atomic E-state index is -0.0708. The van der Waals surface area contributed by atoms with Crippen LogP contribution in [0.25, 0.3) is 0 Å². The van der Waals surface area contributed by atoms with Crippen LogP contribution in [-0.2, 0) is 0 Å². The summed E-state index contributed by atoms with van der Waals surface area (Å²) >= 11 is 3.40. The lowest BCUT2D eigenvalue weighted by Crippen LogP contribution is -2.42. The van der Waals surface area contributed by atoms with Gasteiger partial charge in [-0.25, -0.2) is 0 Å². The van der Waals surface area contributed by atoms with Gasteiger partial charge >= 0.3 is 0 Å². The summed E-state index contributed by atoms with van der Waals surface area (Å²) in [6.07, 6.45) is 0. The number of amides is 1. The zero-order valence-corrected chi connectivity index (χ0v) is 14.2. The van der Waals surface area contributed by atoms with Gasteiger partial charge < -0.3 is 10.1 Å². The molecule has 5 heteroatoms. The van der Waals surface area contributed by atoms with Crippen molar-refractivity contribution in [2.45, 2.75) is 26.8 Å². The van der Waals surface area contributed by atoms with Crippen molar-refractivity contribution in [3.63, 3.8) is 0 Å². The first-order valence-electron chi connectivity index (χ1n) is 6.89. The Kier molecular flexibility index (Phi) is 7.02. The second-order valence-electron chi connectivity index (χ2n) is 4.63. The van der Waals surface area contributed by atoms with E-state index in [1.165, 1.54) is 0 Å². The summed E-state index contributed by atoms with van der Waals surface area (Å²) in [5, 5.41) is 2.97. The van der Waals surface area contributed by atoms with Crippen LogP contribution in [0.4, 0.5) is 0 Å². The first-order valence-corrected chi connectivity index (χ1v) is 7.68. The maximum absolute atomic E-state index is 12.2. The van der Waals surface area contributed by atoms with E-state index in [-0.39, 0.29) is 5.91 Å². The molecule has 0 saturated carbocycles. The molecule has 1 amide bonds. The summed E-state index contributed by atoms with van der Waals surface area (Å²) in [4.78, 5) is 14.5. The second-order valence-corrected chi connectivity index (χ2v) is 5.48. The smallest absolute Gasteiger partial charge is 0.252 e. The molecule has 112 valence electrons. The molecule has 4 nitrogen and oxygen atoms in total. The normalized spacial score (nSPS) is 12.3. The molecular weight excluding hydrogens is 320 g/mol. The number of likely N-dealkylation sites (N-methyl/N-ethyl adjacent to an activating group) is 1. The first kappa shape index (κ1) is 17.0. The molecule has 20 heavy (non-hydrogen) atoms. The van der Waals surface area contributed by atoms with E-state index in [4.69, 9.17) is 4.74 Å². The zero-order valence-electron chi connectivity index (χ0n) is 12.6. The molecular formula is C15H23BrN2O2. The fourth-order valence-electron chi connectivity index (χ4n) is 2.12. The van der Waals surface area contributed by atoms with Crippen molar-refractivity contribution in [2.75, 3.05) is 26.7 Å². The molecule has 0 bridgehead atoms. The molecule has 0 aliphatic heterocycles. The summed E-state index contributed by atoms with van der Waals surface area (Å²) in [6, 6.07) is 5.67. The molecule has 0 aliphatic rings. The number of methoxy groups -OCH3 is 1. The van der Waals surface area contributed by atoms with Crippen LogP contribution >= 0.6 is 15.9 Å². The minimum Gasteiger partial charge on any atom is -0.497 e. The summed E-state index contributed by atoms with van der Waals surface area (Å²) in [6.45, 7) is 8.98. The number of rotatable bonds is 7. The van der Waals surface area contributed by atoms with Crippen molar-refractivity contribution in [1.29, 1.82) is 0 Å². The molecule has 1 aromatic rings. The number of hydrogen-bond donors (Lipinski definition) is 1. The Morgan fingerprint density at radius 1 is 1.40 bits per heavy atom. The fourth-order valence-corrected chi connectivity index (χ4v) is 2.66. The molecule has 0 saturated heterocycles. The van der Waals surface area contributed by atoms with Crippen LogP contribution in [-0.4, -0.2) is 43.6 Å². The van der Waals surface area contributed by atoms with Gasteiger partial charge in [-0.3, -0.25) is 9.69 Å². The van der Waals surface area contributed by atoms with E-state index in [2.05, 4.69) is 46.9 Å². The molecule has 0 unspecified atom stereocenters. The molecule has 1 atom stereocenters. The van der Waals surface area contributed by atoms with Gasteiger partial charge in [-0.15, -0.1) is 0 Å². The topological polar surface area (TPSA) is 41.6 Å². The largest absolute Gasteiger partial charge is 0.497 e. The molecule has 0 heterocycles. The van der Waals surface area contributed by atoms with E-state index < -0.39 is 0 Å². The van der Waals surface area contributed by atoms with E-state index in [1.807, 2.05) is 0 Å². The Balaban J connectivity index is 2.63. The number of ether oxygens (including phenoxy) is 1. The van der Waals surface area contributed by atoms with E-state index >= 15 is 0 Å². The van der Waals surface area contributed by atoms with Crippen molar-refractivity contribution in [1.82, 2.24) is 10.2 Å². The zero-order chi connectivity index (χ0) is 15.1. The van der Waals surface area contributed by atoms with Gasteiger partial charge in [0.1, 0.15) is 5.75 Å². The van der Waals surface area contributed by atoms with Gasteiger partial charge in [0.15, 0.2) is 0 Å². The van der Waals surface area contributed by atoms with Gasteiger partial charge in [0.05, 0.1) is 12.7 Å². The minimum absolute atomic E-state index is 0.0708. The number of carbonyl (C=O) groups is 1. The third kappa shape index (κ3) is 4.49. The molecule has 1 aromatic carbocycles. The lowest BCUT2D eigenvalue weighted by atomic mass is 10.2. The molecule has 0 spiro atoms. The van der Waals surface area contributed by atoms with Crippen molar-refractivity contribution in [3.05, 3.63) is 28.2 Å². The summed E-state index contributed by atoms with van der Waals surface area (Å²) in [5.74, 6) is 0.656. The van der Waals surface area contributed by atoms with Gasteiger partial charge in [-0.05, 0) is 54.1 Å². The Bertz CT molecular complexity index is 447. The average molecular weight is 343 g/mol. The van der Waals surface area contributed by atoms with Crippen LogP contribution in [0, 0.1) is 0 Å². The van der Waals surface area contributed by atoms with Crippen LogP contribution in [0.3, 0.4) is 0 Å². The summed E-state index contributed by atoms with van der Waals surface area (Å²) in [7, 11) is 1.60. The van der Waals surface area contributed by atoms with Crippen molar-refractivity contribution in [3.8, 4) is 5.75 Å². The molecule has 1 N–H and O–H groups in total. The number of benzene rings is 1. The standard InChI is InChI=1S/C15H23BrN2O2/c1-5-18(6-2)11(3)10-17-15(19)13-8-7-12(20-4)9-14(13)16/h7-9,11H,5-6,10H2,1-4H3,(H,17,19)/t11-/m0/s1. The maximum atomic E-state index is 12.2.